The lowest BCUT2D eigenvalue weighted by Crippen LogP contribution is -2.15. The van der Waals surface area contributed by atoms with Crippen molar-refractivity contribution >= 4 is 33.2 Å². The van der Waals surface area contributed by atoms with Crippen molar-refractivity contribution in [1.82, 2.24) is 39.9 Å². The second-order valence-corrected chi connectivity index (χ2v) is 32.2. The van der Waals surface area contributed by atoms with Crippen LogP contribution < -0.4 is 29.9 Å². The van der Waals surface area contributed by atoms with Crippen molar-refractivity contribution in [3.05, 3.63) is 94.2 Å². The zero-order valence-electron chi connectivity index (χ0n) is 71.3. The van der Waals surface area contributed by atoms with Crippen LogP contribution >= 0.6 is 0 Å². The minimum atomic E-state index is -0.449. The summed E-state index contributed by atoms with van der Waals surface area (Å²) in [7, 11) is 0. The van der Waals surface area contributed by atoms with Crippen molar-refractivity contribution in [2.45, 2.75) is 375 Å². The highest BCUT2D eigenvalue weighted by Gasteiger charge is 2.35. The molecular weight excluding hydrogens is 1390 g/mol. The maximum Gasteiger partial charge on any atom is 0.164 e. The number of ether oxygens (including phenoxy) is 8. The van der Waals surface area contributed by atoms with Crippen LogP contribution in [0.1, 0.15) is 387 Å². The first kappa shape index (κ1) is 88.8. The second-order valence-electron chi connectivity index (χ2n) is 32.2. The lowest BCUT2D eigenvalue weighted by Gasteiger charge is -2.23. The third kappa shape index (κ3) is 28.7. The minimum absolute atomic E-state index is 0.421. The molecule has 2 atom stereocenters. The smallest absolute Gasteiger partial charge is 0.164 e. The lowest BCUT2D eigenvalue weighted by molar-refractivity contribution is 0.143. The summed E-state index contributed by atoms with van der Waals surface area (Å²) in [5, 5.41) is 1.63. The summed E-state index contributed by atoms with van der Waals surface area (Å²) in [5.74, 6) is 6.86. The van der Waals surface area contributed by atoms with Crippen LogP contribution in [0, 0.1) is 0 Å². The van der Waals surface area contributed by atoms with E-state index in [2.05, 4.69) is 114 Å². The fourth-order valence-electron chi connectivity index (χ4n) is 15.6. The van der Waals surface area contributed by atoms with E-state index in [1.54, 1.807) is 0 Å². The standard InChI is InChI=1S/C96H148N8O8/c1-9-17-25-33-41-49-57-105-81-65-73-74(66-82(81)106-58-50-42-34-26-18-10-2)90-97-89(73)101-91-75-67-83(107-59-51-43-35-27-19-11-3)84(108-60-52-44-36-28-20-12-4)68-76(75)93(98-91)103-95-79-71-87(111-63-55-47-39-31-23-15-7)88(112-64-56-48-40-32-24-16-8)72-80(79)96(100-95)104-94-78-70-86(110-62-54-46-38-30-22-14-6)85(69-77(78)92(99-94)102-90)109-61-53-45-37-29-21-13-5/h65-73,75H,9-64H2,1-8H3,(H,97,98,101)(H,99,100,102,103,104). The molecule has 16 heteroatoms. The fourth-order valence-corrected chi connectivity index (χ4v) is 15.6. The van der Waals surface area contributed by atoms with Crippen LogP contribution in [-0.4, -0.2) is 92.7 Å². The van der Waals surface area contributed by atoms with E-state index in [0.29, 0.717) is 139 Å². The van der Waals surface area contributed by atoms with E-state index in [0.717, 1.165) is 142 Å². The van der Waals surface area contributed by atoms with Crippen LogP contribution in [0.3, 0.4) is 0 Å². The van der Waals surface area contributed by atoms with Crippen molar-refractivity contribution in [3.8, 4) is 45.8 Å². The average molecular weight is 1540 g/mol. The number of aromatic nitrogens is 8. The quantitative estimate of drug-likeness (QED) is 0.0351. The number of unbranched alkanes of at least 4 members (excludes halogenated alkanes) is 40. The molecule has 0 spiro atoms. The topological polar surface area (TPSA) is 183 Å². The zero-order chi connectivity index (χ0) is 78.4. The molecule has 4 aromatic rings. The summed E-state index contributed by atoms with van der Waals surface area (Å²) < 4.78 is 55.3. The second kappa shape index (κ2) is 52.4. The van der Waals surface area contributed by atoms with Crippen LogP contribution in [0.4, 0.5) is 0 Å². The molecule has 2 unspecified atom stereocenters. The molecular formula is C96H148N8O8. The van der Waals surface area contributed by atoms with Gasteiger partial charge in [0.2, 0.25) is 0 Å². The van der Waals surface area contributed by atoms with Crippen LogP contribution in [-0.2, 0) is 18.9 Å². The summed E-state index contributed by atoms with van der Waals surface area (Å²) in [5.41, 5.74) is 5.59. The Hall–Kier alpha value is -7.10. The molecule has 5 aliphatic rings. The minimum Gasteiger partial charge on any atom is -0.490 e. The van der Waals surface area contributed by atoms with Gasteiger partial charge >= 0.3 is 0 Å². The summed E-state index contributed by atoms with van der Waals surface area (Å²) >= 11 is 0. The van der Waals surface area contributed by atoms with Gasteiger partial charge in [0.15, 0.2) is 63.2 Å². The number of fused-ring (bicyclic) bond motifs is 18. The van der Waals surface area contributed by atoms with E-state index >= 15 is 0 Å². The molecule has 2 aliphatic carbocycles. The Morgan fingerprint density at radius 2 is 0.571 bits per heavy atom. The molecule has 2 aromatic heterocycles. The first-order chi connectivity index (χ1) is 55.3. The van der Waals surface area contributed by atoms with E-state index < -0.39 is 11.8 Å². The van der Waals surface area contributed by atoms with Gasteiger partial charge in [-0.15, -0.1) is 0 Å². The van der Waals surface area contributed by atoms with Crippen LogP contribution in [0.15, 0.2) is 71.6 Å². The summed E-state index contributed by atoms with van der Waals surface area (Å²) in [6.07, 6.45) is 64.1. The third-order valence-corrected chi connectivity index (χ3v) is 22.5. The lowest BCUT2D eigenvalue weighted by atomic mass is 9.93. The van der Waals surface area contributed by atoms with Crippen molar-refractivity contribution < 1.29 is 37.9 Å². The Balaban J connectivity index is 1.30. The van der Waals surface area contributed by atoms with E-state index in [-0.39, 0.29) is 0 Å². The molecule has 5 heterocycles. The molecule has 0 saturated carbocycles. The van der Waals surface area contributed by atoms with Crippen molar-refractivity contribution in [2.24, 2.45) is 0 Å². The fraction of sp³-hybridized carbons (Fsp3) is 0.688. The molecule has 0 saturated heterocycles. The zero-order valence-corrected chi connectivity index (χ0v) is 71.3. The molecule has 112 heavy (non-hydrogen) atoms. The van der Waals surface area contributed by atoms with Crippen LogP contribution in [0.2, 0.25) is 0 Å². The number of nitrogens with one attached hydrogen (secondary N) is 2. The molecule has 0 amide bonds. The Labute approximate surface area is 675 Å². The number of hydrogen-bond acceptors (Lipinski definition) is 14. The number of aromatic amines is 2. The molecule has 9 rings (SSSR count). The van der Waals surface area contributed by atoms with Gasteiger partial charge in [-0.3, -0.25) is 0 Å². The molecule has 16 nitrogen and oxygen atoms in total. The Morgan fingerprint density at radius 3 is 0.946 bits per heavy atom. The summed E-state index contributed by atoms with van der Waals surface area (Å²) in [6, 6.07) is 8.43. The molecule has 620 valence electrons. The van der Waals surface area contributed by atoms with Gasteiger partial charge in [-0.25, -0.2) is 29.9 Å². The molecule has 8 bridgehead atoms. The van der Waals surface area contributed by atoms with E-state index in [1.165, 1.54) is 205 Å². The summed E-state index contributed by atoms with van der Waals surface area (Å²) in [4.78, 5) is 41.7. The van der Waals surface area contributed by atoms with Crippen molar-refractivity contribution in [1.29, 1.82) is 0 Å². The number of H-pyrrole nitrogens is 2. The highest BCUT2D eigenvalue weighted by molar-refractivity contribution is 6.06. The molecule has 0 fully saturated rings. The van der Waals surface area contributed by atoms with Gasteiger partial charge in [0.05, 0.1) is 64.7 Å². The third-order valence-electron chi connectivity index (χ3n) is 22.5. The van der Waals surface area contributed by atoms with Gasteiger partial charge in [0.1, 0.15) is 28.4 Å². The van der Waals surface area contributed by atoms with Gasteiger partial charge in [0, 0.05) is 33.0 Å². The van der Waals surface area contributed by atoms with Crippen molar-refractivity contribution in [2.75, 3.05) is 52.9 Å². The predicted octanol–water partition coefficient (Wildman–Crippen LogP) is 26.0. The van der Waals surface area contributed by atoms with Gasteiger partial charge in [-0.05, 0) is 99.9 Å². The maximum atomic E-state index is 6.93. The molecule has 2 N–H and O–H groups in total. The SMILES string of the molecule is CCCCCCCCOC1=CC2=c3nc(nc4[nH]c(nc5nc(nc6[nH]c(n3)c3cc(OCCCCCCCC)c(OCCCCCCCC)cc63)-c3cc(OCCCCCCCC)c(OCCCCCCCC)cc3-5)=C3C=C(OCCCCCCCC)C(OCCCCCCCC)=CC34)C2C=C1OCCCCCCCC. The number of allylic oxidation sites excluding steroid dienone is 4. The monoisotopic (exact) mass is 1540 g/mol. The Morgan fingerprint density at radius 1 is 0.268 bits per heavy atom. The Bertz CT molecular complexity index is 3880. The number of hydrogen-bond donors (Lipinski definition) is 2. The Kier molecular flexibility index (Phi) is 41.6. The molecule has 3 aliphatic heterocycles. The normalized spacial score (nSPS) is 14.6. The molecule has 0 radical (unpaired) electrons. The predicted molar refractivity (Wildman–Crippen MR) is 462 cm³/mol. The highest BCUT2D eigenvalue weighted by Crippen LogP contribution is 2.45. The van der Waals surface area contributed by atoms with E-state index in [1.807, 2.05) is 0 Å². The van der Waals surface area contributed by atoms with Crippen LogP contribution in [0.5, 0.6) is 23.0 Å². The average Bonchev–Trinajstić information content (AvgIpc) is 1.59. The van der Waals surface area contributed by atoms with Gasteiger partial charge in [-0.2, -0.15) is 0 Å². The van der Waals surface area contributed by atoms with Gasteiger partial charge in [0.25, 0.3) is 0 Å². The highest BCUT2D eigenvalue weighted by atomic mass is 16.5. The van der Waals surface area contributed by atoms with E-state index in [9.17, 15) is 0 Å². The number of rotatable bonds is 64. The van der Waals surface area contributed by atoms with Gasteiger partial charge in [-0.1, -0.05) is 312 Å². The first-order valence-corrected chi connectivity index (χ1v) is 46.1. The maximum absolute atomic E-state index is 6.93. The number of nitrogens with zero attached hydrogens (tertiary/aromatic N) is 6. The first-order valence-electron chi connectivity index (χ1n) is 46.1. The van der Waals surface area contributed by atoms with Gasteiger partial charge < -0.3 is 47.9 Å². The largest absolute Gasteiger partial charge is 0.490 e. The van der Waals surface area contributed by atoms with E-state index in [4.69, 9.17) is 67.8 Å². The van der Waals surface area contributed by atoms with Crippen molar-refractivity contribution in [3.63, 3.8) is 0 Å². The summed E-state index contributed by atoms with van der Waals surface area (Å²) in [6.45, 7) is 22.7. The number of benzene rings is 2. The molecule has 2 aromatic carbocycles. The van der Waals surface area contributed by atoms with Crippen LogP contribution in [0.25, 0.3) is 56.0 Å².